The van der Waals surface area contributed by atoms with Crippen molar-refractivity contribution >= 4 is 11.5 Å². The SMILES string of the molecule is Nc1c(N2C3CCC2CC(N)C3)nc[nH]c1=O. The summed E-state index contributed by atoms with van der Waals surface area (Å²) < 4.78 is 0. The number of piperidine rings is 1. The molecule has 2 aliphatic rings. The number of nitrogens with two attached hydrogens (primary N) is 2. The summed E-state index contributed by atoms with van der Waals surface area (Å²) in [4.78, 5) is 20.4. The van der Waals surface area contributed by atoms with Crippen LogP contribution in [0.3, 0.4) is 0 Å². The molecule has 0 amide bonds. The summed E-state index contributed by atoms with van der Waals surface area (Å²) in [6.45, 7) is 0. The van der Waals surface area contributed by atoms with Crippen molar-refractivity contribution in [1.82, 2.24) is 9.97 Å². The maximum absolute atomic E-state index is 11.5. The Morgan fingerprint density at radius 3 is 2.65 bits per heavy atom. The number of anilines is 2. The summed E-state index contributed by atoms with van der Waals surface area (Å²) >= 11 is 0. The van der Waals surface area contributed by atoms with Crippen molar-refractivity contribution in [3.8, 4) is 0 Å². The third-order valence-corrected chi connectivity index (χ3v) is 3.88. The third kappa shape index (κ3) is 1.59. The lowest BCUT2D eigenvalue weighted by Gasteiger charge is -2.38. The van der Waals surface area contributed by atoms with Crippen molar-refractivity contribution in [2.45, 2.75) is 43.8 Å². The number of H-pyrrole nitrogens is 1. The largest absolute Gasteiger partial charge is 0.391 e. The maximum atomic E-state index is 11.5. The van der Waals surface area contributed by atoms with E-state index in [4.69, 9.17) is 11.5 Å². The van der Waals surface area contributed by atoms with Gasteiger partial charge in [-0.15, -0.1) is 0 Å². The van der Waals surface area contributed by atoms with E-state index in [2.05, 4.69) is 14.9 Å². The molecule has 92 valence electrons. The van der Waals surface area contributed by atoms with Crippen molar-refractivity contribution in [1.29, 1.82) is 0 Å². The zero-order valence-corrected chi connectivity index (χ0v) is 9.60. The number of nitrogens with one attached hydrogen (secondary N) is 1. The van der Waals surface area contributed by atoms with Gasteiger partial charge in [0.25, 0.3) is 5.56 Å². The lowest BCUT2D eigenvalue weighted by atomic mass is 9.98. The molecule has 17 heavy (non-hydrogen) atoms. The van der Waals surface area contributed by atoms with Crippen LogP contribution in [0, 0.1) is 0 Å². The van der Waals surface area contributed by atoms with E-state index in [-0.39, 0.29) is 17.3 Å². The highest BCUT2D eigenvalue weighted by Gasteiger charge is 2.41. The van der Waals surface area contributed by atoms with Crippen LogP contribution in [0.25, 0.3) is 0 Å². The first-order valence-electron chi connectivity index (χ1n) is 6.04. The second-order valence-corrected chi connectivity index (χ2v) is 4.99. The van der Waals surface area contributed by atoms with Gasteiger partial charge in [-0.3, -0.25) is 4.79 Å². The van der Waals surface area contributed by atoms with E-state index in [9.17, 15) is 4.79 Å². The molecule has 0 aliphatic carbocycles. The average Bonchev–Trinajstić information content (AvgIpc) is 2.55. The van der Waals surface area contributed by atoms with Gasteiger partial charge >= 0.3 is 0 Å². The fraction of sp³-hybridized carbons (Fsp3) is 0.636. The molecule has 2 bridgehead atoms. The predicted octanol–water partition coefficient (Wildman–Crippen LogP) is -0.189. The van der Waals surface area contributed by atoms with E-state index in [0.29, 0.717) is 17.9 Å². The van der Waals surface area contributed by atoms with Gasteiger partial charge in [-0.25, -0.2) is 4.98 Å². The Hall–Kier alpha value is -1.56. The van der Waals surface area contributed by atoms with Crippen LogP contribution in [0.5, 0.6) is 0 Å². The number of fused-ring (bicyclic) bond motifs is 2. The summed E-state index contributed by atoms with van der Waals surface area (Å²) in [6.07, 6.45) is 5.58. The van der Waals surface area contributed by atoms with Gasteiger partial charge in [0.15, 0.2) is 5.82 Å². The molecule has 0 spiro atoms. The summed E-state index contributed by atoms with van der Waals surface area (Å²) in [6, 6.07) is 1.05. The number of nitrogens with zero attached hydrogens (tertiary/aromatic N) is 2. The smallest absolute Gasteiger partial charge is 0.276 e. The molecule has 1 aromatic heterocycles. The minimum absolute atomic E-state index is 0.222. The number of aromatic nitrogens is 2. The molecule has 0 radical (unpaired) electrons. The minimum Gasteiger partial charge on any atom is -0.391 e. The molecule has 2 saturated heterocycles. The van der Waals surface area contributed by atoms with Crippen molar-refractivity contribution in [3.63, 3.8) is 0 Å². The Labute approximate surface area is 99.0 Å². The van der Waals surface area contributed by atoms with Crippen LogP contribution in [-0.2, 0) is 0 Å². The molecule has 6 heteroatoms. The highest BCUT2D eigenvalue weighted by Crippen LogP contribution is 2.38. The van der Waals surface area contributed by atoms with Gasteiger partial charge in [-0.2, -0.15) is 0 Å². The molecule has 2 unspecified atom stereocenters. The van der Waals surface area contributed by atoms with Crippen molar-refractivity contribution in [3.05, 3.63) is 16.7 Å². The van der Waals surface area contributed by atoms with E-state index in [0.717, 1.165) is 25.7 Å². The van der Waals surface area contributed by atoms with E-state index >= 15 is 0 Å². The Morgan fingerprint density at radius 2 is 2.00 bits per heavy atom. The Balaban J connectivity index is 2.00. The van der Waals surface area contributed by atoms with Crippen molar-refractivity contribution in [2.75, 3.05) is 10.6 Å². The third-order valence-electron chi connectivity index (χ3n) is 3.88. The van der Waals surface area contributed by atoms with Gasteiger partial charge < -0.3 is 21.4 Å². The van der Waals surface area contributed by atoms with Crippen LogP contribution in [0.2, 0.25) is 0 Å². The van der Waals surface area contributed by atoms with Gasteiger partial charge in [-0.05, 0) is 25.7 Å². The van der Waals surface area contributed by atoms with E-state index < -0.39 is 0 Å². The second kappa shape index (κ2) is 3.73. The number of rotatable bonds is 1. The van der Waals surface area contributed by atoms with Crippen LogP contribution in [-0.4, -0.2) is 28.1 Å². The number of hydrogen-bond donors (Lipinski definition) is 3. The normalized spacial score (nSPS) is 31.8. The zero-order chi connectivity index (χ0) is 12.0. The molecule has 1 aromatic rings. The Kier molecular flexibility index (Phi) is 2.32. The molecule has 5 N–H and O–H groups in total. The molecule has 3 heterocycles. The summed E-state index contributed by atoms with van der Waals surface area (Å²) in [7, 11) is 0. The van der Waals surface area contributed by atoms with E-state index in [1.54, 1.807) is 0 Å². The first kappa shape index (κ1) is 10.6. The maximum Gasteiger partial charge on any atom is 0.276 e. The van der Waals surface area contributed by atoms with Crippen LogP contribution in [0.4, 0.5) is 11.5 Å². The molecule has 2 fully saturated rings. The Bertz CT molecular complexity index is 471. The fourth-order valence-corrected chi connectivity index (χ4v) is 3.17. The first-order valence-corrected chi connectivity index (χ1v) is 6.04. The topological polar surface area (TPSA) is 101 Å². The molecule has 3 rings (SSSR count). The number of hydrogen-bond acceptors (Lipinski definition) is 5. The van der Waals surface area contributed by atoms with E-state index in [1.807, 2.05) is 0 Å². The standard InChI is InChI=1S/C11H17N5O/c12-6-3-7-1-2-8(4-6)16(7)10-9(13)11(17)15-5-14-10/h5-8H,1-4,12-13H2,(H,14,15,17). The molecule has 2 aliphatic heterocycles. The molecular formula is C11H17N5O. The molecule has 0 aromatic carbocycles. The highest BCUT2D eigenvalue weighted by molar-refractivity contribution is 5.63. The quantitative estimate of drug-likeness (QED) is 0.626. The second-order valence-electron chi connectivity index (χ2n) is 4.99. The summed E-state index contributed by atoms with van der Waals surface area (Å²) in [5.41, 5.74) is 11.8. The first-order chi connectivity index (χ1) is 8.16. The highest BCUT2D eigenvalue weighted by atomic mass is 16.1. The van der Waals surface area contributed by atoms with Crippen LogP contribution >= 0.6 is 0 Å². The molecule has 6 nitrogen and oxygen atoms in total. The molecule has 2 atom stereocenters. The Morgan fingerprint density at radius 1 is 1.35 bits per heavy atom. The van der Waals surface area contributed by atoms with Crippen molar-refractivity contribution < 1.29 is 0 Å². The minimum atomic E-state index is -0.260. The van der Waals surface area contributed by atoms with Gasteiger partial charge in [0.05, 0.1) is 6.33 Å². The van der Waals surface area contributed by atoms with Gasteiger partial charge in [0.2, 0.25) is 0 Å². The fourth-order valence-electron chi connectivity index (χ4n) is 3.17. The van der Waals surface area contributed by atoms with Crippen LogP contribution in [0.1, 0.15) is 25.7 Å². The predicted molar refractivity (Wildman–Crippen MR) is 65.8 cm³/mol. The summed E-state index contributed by atoms with van der Waals surface area (Å²) in [5.74, 6) is 0.633. The lowest BCUT2D eigenvalue weighted by Crippen LogP contribution is -2.48. The van der Waals surface area contributed by atoms with Crippen LogP contribution in [0.15, 0.2) is 11.1 Å². The van der Waals surface area contributed by atoms with Gasteiger partial charge in [0, 0.05) is 18.1 Å². The number of aromatic amines is 1. The van der Waals surface area contributed by atoms with Crippen molar-refractivity contribution in [2.24, 2.45) is 5.73 Å². The molecule has 0 saturated carbocycles. The summed E-state index contributed by atoms with van der Waals surface area (Å²) in [5, 5.41) is 0. The zero-order valence-electron chi connectivity index (χ0n) is 9.60. The van der Waals surface area contributed by atoms with Crippen LogP contribution < -0.4 is 21.9 Å². The van der Waals surface area contributed by atoms with E-state index in [1.165, 1.54) is 6.33 Å². The van der Waals surface area contributed by atoms with Gasteiger partial charge in [0.1, 0.15) is 5.69 Å². The average molecular weight is 235 g/mol. The van der Waals surface area contributed by atoms with Gasteiger partial charge in [-0.1, -0.05) is 0 Å². The monoisotopic (exact) mass is 235 g/mol. The molecular weight excluding hydrogens is 218 g/mol. The lowest BCUT2D eigenvalue weighted by molar-refractivity contribution is 0.412. The number of nitrogen functional groups attached to an aromatic ring is 1.